The van der Waals surface area contributed by atoms with E-state index in [9.17, 15) is 0 Å². The normalized spacial score (nSPS) is 21.4. The lowest BCUT2D eigenvalue weighted by Crippen LogP contribution is -2.41. The van der Waals surface area contributed by atoms with Crippen LogP contribution in [0, 0.1) is 6.92 Å². The average molecular weight is 260 g/mol. The standard InChI is InChI=1S/C17H28N2/c1-14-10-6-7-11-16(14)17(15(2)18)19-12-8-4-3-5-9-13-19/h6-7,10-11,15,17H,3-5,8-9,12-13,18H2,1-2H3. The summed E-state index contributed by atoms with van der Waals surface area (Å²) in [5, 5.41) is 0. The number of rotatable bonds is 3. The van der Waals surface area contributed by atoms with Gasteiger partial charge in [0, 0.05) is 12.1 Å². The molecule has 1 heterocycles. The topological polar surface area (TPSA) is 29.3 Å². The molecule has 2 heteroatoms. The van der Waals surface area contributed by atoms with E-state index in [4.69, 9.17) is 5.73 Å². The summed E-state index contributed by atoms with van der Waals surface area (Å²) >= 11 is 0. The van der Waals surface area contributed by atoms with E-state index in [0.29, 0.717) is 6.04 Å². The van der Waals surface area contributed by atoms with E-state index in [1.54, 1.807) is 0 Å². The quantitative estimate of drug-likeness (QED) is 0.899. The van der Waals surface area contributed by atoms with Crippen molar-refractivity contribution in [2.45, 2.75) is 58.0 Å². The third-order valence-corrected chi connectivity index (χ3v) is 4.29. The molecule has 19 heavy (non-hydrogen) atoms. The fraction of sp³-hybridized carbons (Fsp3) is 0.647. The lowest BCUT2D eigenvalue weighted by Gasteiger charge is -2.36. The molecule has 1 aliphatic rings. The van der Waals surface area contributed by atoms with Crippen molar-refractivity contribution in [1.82, 2.24) is 4.90 Å². The van der Waals surface area contributed by atoms with Gasteiger partial charge in [0.25, 0.3) is 0 Å². The highest BCUT2D eigenvalue weighted by molar-refractivity contribution is 5.29. The van der Waals surface area contributed by atoms with Crippen LogP contribution in [0.2, 0.25) is 0 Å². The van der Waals surface area contributed by atoms with E-state index in [0.717, 1.165) is 0 Å². The molecule has 2 atom stereocenters. The number of nitrogens with zero attached hydrogens (tertiary/aromatic N) is 1. The number of likely N-dealkylation sites (tertiary alicyclic amines) is 1. The summed E-state index contributed by atoms with van der Waals surface area (Å²) < 4.78 is 0. The van der Waals surface area contributed by atoms with E-state index in [-0.39, 0.29) is 6.04 Å². The second-order valence-corrected chi connectivity index (χ2v) is 5.96. The lowest BCUT2D eigenvalue weighted by atomic mass is 9.94. The van der Waals surface area contributed by atoms with Crippen molar-refractivity contribution in [3.63, 3.8) is 0 Å². The number of aryl methyl sites for hydroxylation is 1. The van der Waals surface area contributed by atoms with Crippen LogP contribution in [0.25, 0.3) is 0 Å². The second-order valence-electron chi connectivity index (χ2n) is 5.96. The Kier molecular flexibility index (Phi) is 5.41. The highest BCUT2D eigenvalue weighted by atomic mass is 15.2. The van der Waals surface area contributed by atoms with Crippen molar-refractivity contribution in [2.24, 2.45) is 5.73 Å². The molecule has 2 N–H and O–H groups in total. The van der Waals surface area contributed by atoms with E-state index >= 15 is 0 Å². The molecule has 0 bridgehead atoms. The van der Waals surface area contributed by atoms with E-state index in [1.165, 1.54) is 56.3 Å². The SMILES string of the molecule is Cc1ccccc1C(C(C)N)N1CCCCCCC1. The van der Waals surface area contributed by atoms with Crippen molar-refractivity contribution in [3.05, 3.63) is 35.4 Å². The van der Waals surface area contributed by atoms with Gasteiger partial charge in [-0.15, -0.1) is 0 Å². The molecule has 1 aliphatic heterocycles. The first-order valence-corrected chi connectivity index (χ1v) is 7.75. The first kappa shape index (κ1) is 14.5. The zero-order valence-corrected chi connectivity index (χ0v) is 12.4. The predicted octanol–water partition coefficient (Wildman–Crippen LogP) is 3.65. The Balaban J connectivity index is 2.21. The molecule has 106 valence electrons. The summed E-state index contributed by atoms with van der Waals surface area (Å²) in [6.45, 7) is 6.74. The smallest absolute Gasteiger partial charge is 0.0499 e. The zero-order valence-electron chi connectivity index (χ0n) is 12.4. The highest BCUT2D eigenvalue weighted by Crippen LogP contribution is 2.28. The Morgan fingerprint density at radius 1 is 1.00 bits per heavy atom. The third kappa shape index (κ3) is 3.80. The lowest BCUT2D eigenvalue weighted by molar-refractivity contribution is 0.161. The molecule has 0 saturated carbocycles. The van der Waals surface area contributed by atoms with Crippen molar-refractivity contribution in [2.75, 3.05) is 13.1 Å². The van der Waals surface area contributed by atoms with Gasteiger partial charge in [0.05, 0.1) is 0 Å². The maximum Gasteiger partial charge on any atom is 0.0499 e. The molecule has 2 unspecified atom stereocenters. The Bertz CT molecular complexity index is 379. The highest BCUT2D eigenvalue weighted by Gasteiger charge is 2.25. The van der Waals surface area contributed by atoms with Gasteiger partial charge in [0.2, 0.25) is 0 Å². The van der Waals surface area contributed by atoms with Gasteiger partial charge in [-0.05, 0) is 50.9 Å². The molecular formula is C17H28N2. The van der Waals surface area contributed by atoms with Gasteiger partial charge in [-0.3, -0.25) is 4.90 Å². The minimum absolute atomic E-state index is 0.181. The summed E-state index contributed by atoms with van der Waals surface area (Å²) in [6, 6.07) is 9.27. The monoisotopic (exact) mass is 260 g/mol. The van der Waals surface area contributed by atoms with Crippen molar-refractivity contribution >= 4 is 0 Å². The van der Waals surface area contributed by atoms with Crippen LogP contribution in [0.3, 0.4) is 0 Å². The maximum atomic E-state index is 6.32. The molecule has 1 saturated heterocycles. The minimum atomic E-state index is 0.181. The summed E-state index contributed by atoms with van der Waals surface area (Å²) in [5.41, 5.74) is 9.10. The van der Waals surface area contributed by atoms with Crippen LogP contribution in [0.1, 0.15) is 56.2 Å². The van der Waals surface area contributed by atoms with Gasteiger partial charge in [-0.1, -0.05) is 43.5 Å². The largest absolute Gasteiger partial charge is 0.326 e. The number of hydrogen-bond donors (Lipinski definition) is 1. The molecule has 1 aromatic carbocycles. The van der Waals surface area contributed by atoms with Gasteiger partial charge in [-0.2, -0.15) is 0 Å². The van der Waals surface area contributed by atoms with Gasteiger partial charge in [0.15, 0.2) is 0 Å². The number of benzene rings is 1. The molecule has 1 fully saturated rings. The first-order valence-electron chi connectivity index (χ1n) is 7.75. The molecule has 2 nitrogen and oxygen atoms in total. The minimum Gasteiger partial charge on any atom is -0.326 e. The van der Waals surface area contributed by atoms with E-state index in [2.05, 4.69) is 43.0 Å². The van der Waals surface area contributed by atoms with Crippen LogP contribution in [-0.4, -0.2) is 24.0 Å². The molecular weight excluding hydrogens is 232 g/mol. The van der Waals surface area contributed by atoms with Gasteiger partial charge < -0.3 is 5.73 Å². The molecule has 0 amide bonds. The molecule has 0 aliphatic carbocycles. The van der Waals surface area contributed by atoms with Gasteiger partial charge >= 0.3 is 0 Å². The number of hydrogen-bond acceptors (Lipinski definition) is 2. The fourth-order valence-corrected chi connectivity index (χ4v) is 3.28. The summed E-state index contributed by atoms with van der Waals surface area (Å²) in [4.78, 5) is 2.62. The summed E-state index contributed by atoms with van der Waals surface area (Å²) in [6.07, 6.45) is 6.77. The van der Waals surface area contributed by atoms with Crippen LogP contribution < -0.4 is 5.73 Å². The molecule has 2 rings (SSSR count). The molecule has 0 aromatic heterocycles. The van der Waals surface area contributed by atoms with E-state index < -0.39 is 0 Å². The first-order chi connectivity index (χ1) is 9.20. The van der Waals surface area contributed by atoms with Crippen LogP contribution >= 0.6 is 0 Å². The van der Waals surface area contributed by atoms with Crippen molar-refractivity contribution < 1.29 is 0 Å². The molecule has 0 radical (unpaired) electrons. The van der Waals surface area contributed by atoms with Crippen LogP contribution in [0.5, 0.6) is 0 Å². The Morgan fingerprint density at radius 2 is 1.58 bits per heavy atom. The Morgan fingerprint density at radius 3 is 2.16 bits per heavy atom. The molecule has 1 aromatic rings. The van der Waals surface area contributed by atoms with Crippen molar-refractivity contribution in [1.29, 1.82) is 0 Å². The van der Waals surface area contributed by atoms with E-state index in [1.807, 2.05) is 0 Å². The molecule has 0 spiro atoms. The van der Waals surface area contributed by atoms with Gasteiger partial charge in [0.1, 0.15) is 0 Å². The Labute approximate surface area is 118 Å². The van der Waals surface area contributed by atoms with Crippen LogP contribution in [-0.2, 0) is 0 Å². The second kappa shape index (κ2) is 7.06. The van der Waals surface area contributed by atoms with Crippen LogP contribution in [0.4, 0.5) is 0 Å². The van der Waals surface area contributed by atoms with Crippen LogP contribution in [0.15, 0.2) is 24.3 Å². The van der Waals surface area contributed by atoms with Gasteiger partial charge in [-0.25, -0.2) is 0 Å². The Hall–Kier alpha value is -0.860. The maximum absolute atomic E-state index is 6.32. The number of nitrogens with two attached hydrogens (primary N) is 1. The van der Waals surface area contributed by atoms with Crippen molar-refractivity contribution in [3.8, 4) is 0 Å². The summed E-state index contributed by atoms with van der Waals surface area (Å²) in [5.74, 6) is 0. The predicted molar refractivity (Wildman–Crippen MR) is 82.2 cm³/mol. The third-order valence-electron chi connectivity index (χ3n) is 4.29. The average Bonchev–Trinajstić information content (AvgIpc) is 2.33. The fourth-order valence-electron chi connectivity index (χ4n) is 3.28. The zero-order chi connectivity index (χ0) is 13.7. The summed E-state index contributed by atoms with van der Waals surface area (Å²) in [7, 11) is 0.